The molecule has 0 amide bonds. The van der Waals surface area contributed by atoms with Crippen LogP contribution < -0.4 is 10.6 Å². The molecular weight excluding hydrogens is 226 g/mol. The molecule has 1 saturated heterocycles. The second-order valence-corrected chi connectivity index (χ2v) is 5.42. The van der Waals surface area contributed by atoms with E-state index in [2.05, 4.69) is 11.0 Å². The Labute approximate surface area is 108 Å². The number of aryl methyl sites for hydroxylation is 1. The average molecular weight is 247 g/mol. The SMILES string of the molecule is Cc1ccc(C(=N)N)c(N2CCC(C)(O)CC2)c1. The second kappa shape index (κ2) is 4.61. The van der Waals surface area contributed by atoms with Crippen molar-refractivity contribution in [2.45, 2.75) is 32.3 Å². The van der Waals surface area contributed by atoms with Crippen molar-refractivity contribution in [2.75, 3.05) is 18.0 Å². The van der Waals surface area contributed by atoms with E-state index in [4.69, 9.17) is 11.1 Å². The molecule has 0 spiro atoms. The maximum Gasteiger partial charge on any atom is 0.124 e. The largest absolute Gasteiger partial charge is 0.390 e. The van der Waals surface area contributed by atoms with Crippen LogP contribution in [-0.2, 0) is 0 Å². The first-order chi connectivity index (χ1) is 8.39. The third-order valence-electron chi connectivity index (χ3n) is 3.62. The standard InChI is InChI=1S/C14H21N3O/c1-10-3-4-11(13(15)16)12(9-10)17-7-5-14(2,18)6-8-17/h3-4,9,18H,5-8H2,1-2H3,(H3,15,16). The predicted molar refractivity (Wildman–Crippen MR) is 74.3 cm³/mol. The van der Waals surface area contributed by atoms with E-state index in [-0.39, 0.29) is 5.84 Å². The Bertz CT molecular complexity index is 458. The number of amidine groups is 1. The van der Waals surface area contributed by atoms with Crippen molar-refractivity contribution in [2.24, 2.45) is 5.73 Å². The number of hydrogen-bond acceptors (Lipinski definition) is 3. The minimum atomic E-state index is -0.559. The Kier molecular flexibility index (Phi) is 3.30. The maximum absolute atomic E-state index is 9.98. The number of nitrogens with zero attached hydrogens (tertiary/aromatic N) is 1. The summed E-state index contributed by atoms with van der Waals surface area (Å²) >= 11 is 0. The van der Waals surface area contributed by atoms with Gasteiger partial charge in [0.05, 0.1) is 5.60 Å². The number of nitrogens with two attached hydrogens (primary N) is 1. The molecule has 0 radical (unpaired) electrons. The maximum atomic E-state index is 9.98. The summed E-state index contributed by atoms with van der Waals surface area (Å²) in [5.41, 5.74) is 8.02. The number of hydrogen-bond donors (Lipinski definition) is 3. The van der Waals surface area contributed by atoms with E-state index in [1.54, 1.807) is 0 Å². The van der Waals surface area contributed by atoms with Crippen LogP contribution in [0.1, 0.15) is 30.9 Å². The first-order valence-corrected chi connectivity index (χ1v) is 6.31. The lowest BCUT2D eigenvalue weighted by Gasteiger charge is -2.38. The van der Waals surface area contributed by atoms with Crippen molar-refractivity contribution < 1.29 is 5.11 Å². The molecule has 4 nitrogen and oxygen atoms in total. The molecule has 0 bridgehead atoms. The van der Waals surface area contributed by atoms with Crippen LogP contribution in [0.3, 0.4) is 0 Å². The smallest absolute Gasteiger partial charge is 0.124 e. The summed E-state index contributed by atoms with van der Waals surface area (Å²) in [6.07, 6.45) is 1.50. The van der Waals surface area contributed by atoms with Crippen molar-refractivity contribution in [1.29, 1.82) is 5.41 Å². The van der Waals surface area contributed by atoms with Crippen molar-refractivity contribution in [1.82, 2.24) is 0 Å². The van der Waals surface area contributed by atoms with E-state index in [1.807, 2.05) is 26.0 Å². The molecule has 0 unspecified atom stereocenters. The number of anilines is 1. The van der Waals surface area contributed by atoms with Gasteiger partial charge in [-0.3, -0.25) is 5.41 Å². The number of rotatable bonds is 2. The van der Waals surface area contributed by atoms with Gasteiger partial charge in [0.15, 0.2) is 0 Å². The van der Waals surface area contributed by atoms with Crippen LogP contribution in [0.5, 0.6) is 0 Å². The van der Waals surface area contributed by atoms with Gasteiger partial charge in [-0.25, -0.2) is 0 Å². The topological polar surface area (TPSA) is 73.3 Å². The highest BCUT2D eigenvalue weighted by Gasteiger charge is 2.28. The molecule has 2 rings (SSSR count). The molecule has 1 aromatic rings. The molecule has 4 N–H and O–H groups in total. The van der Waals surface area contributed by atoms with Crippen molar-refractivity contribution in [3.05, 3.63) is 29.3 Å². The van der Waals surface area contributed by atoms with Crippen molar-refractivity contribution in [3.8, 4) is 0 Å². The Morgan fingerprint density at radius 2 is 2.00 bits per heavy atom. The molecule has 1 fully saturated rings. The lowest BCUT2D eigenvalue weighted by molar-refractivity contribution is 0.0351. The third kappa shape index (κ3) is 2.64. The molecule has 1 aliphatic heterocycles. The van der Waals surface area contributed by atoms with Crippen molar-refractivity contribution in [3.63, 3.8) is 0 Å². The van der Waals surface area contributed by atoms with Crippen LogP contribution in [-0.4, -0.2) is 29.6 Å². The van der Waals surface area contributed by atoms with Crippen LogP contribution >= 0.6 is 0 Å². The fourth-order valence-electron chi connectivity index (χ4n) is 2.36. The molecule has 1 aromatic carbocycles. The molecule has 4 heteroatoms. The molecule has 0 aliphatic carbocycles. The lowest BCUT2D eigenvalue weighted by Crippen LogP contribution is -2.43. The Morgan fingerprint density at radius 3 is 2.56 bits per heavy atom. The second-order valence-electron chi connectivity index (χ2n) is 5.42. The summed E-state index contributed by atoms with van der Waals surface area (Å²) in [6, 6.07) is 5.94. The fraction of sp³-hybridized carbons (Fsp3) is 0.500. The minimum Gasteiger partial charge on any atom is -0.390 e. The van der Waals surface area contributed by atoms with Gasteiger partial charge in [0.1, 0.15) is 5.84 Å². The normalized spacial score (nSPS) is 18.7. The summed E-state index contributed by atoms with van der Waals surface area (Å²) in [5.74, 6) is 0.0994. The first-order valence-electron chi connectivity index (χ1n) is 6.31. The number of nitrogen functional groups attached to an aromatic ring is 1. The van der Waals surface area contributed by atoms with Crippen LogP contribution in [0.2, 0.25) is 0 Å². The van der Waals surface area contributed by atoms with Gasteiger partial charge < -0.3 is 15.7 Å². The molecule has 98 valence electrons. The molecule has 1 aliphatic rings. The Balaban J connectivity index is 2.28. The van der Waals surface area contributed by atoms with Gasteiger partial charge in [-0.2, -0.15) is 0 Å². The van der Waals surface area contributed by atoms with Gasteiger partial charge in [-0.05, 0) is 44.4 Å². The highest BCUT2D eigenvalue weighted by molar-refractivity contribution is 6.00. The molecule has 0 aromatic heterocycles. The van der Waals surface area contributed by atoms with E-state index in [0.717, 1.165) is 42.7 Å². The highest BCUT2D eigenvalue weighted by atomic mass is 16.3. The Hall–Kier alpha value is -1.55. The summed E-state index contributed by atoms with van der Waals surface area (Å²) in [5, 5.41) is 17.6. The number of aliphatic hydroxyl groups is 1. The van der Waals surface area contributed by atoms with Crippen LogP contribution in [0.25, 0.3) is 0 Å². The van der Waals surface area contributed by atoms with Gasteiger partial charge >= 0.3 is 0 Å². The molecule has 0 atom stereocenters. The average Bonchev–Trinajstić information content (AvgIpc) is 2.28. The highest BCUT2D eigenvalue weighted by Crippen LogP contribution is 2.28. The zero-order valence-corrected chi connectivity index (χ0v) is 11.0. The zero-order valence-electron chi connectivity index (χ0n) is 11.0. The number of nitrogens with one attached hydrogen (secondary N) is 1. The van der Waals surface area contributed by atoms with E-state index in [9.17, 15) is 5.11 Å². The van der Waals surface area contributed by atoms with Crippen LogP contribution in [0.15, 0.2) is 18.2 Å². The number of piperidine rings is 1. The van der Waals surface area contributed by atoms with E-state index >= 15 is 0 Å². The van der Waals surface area contributed by atoms with Crippen molar-refractivity contribution >= 4 is 11.5 Å². The monoisotopic (exact) mass is 247 g/mol. The fourth-order valence-corrected chi connectivity index (χ4v) is 2.36. The first kappa shape index (κ1) is 12.9. The van der Waals surface area contributed by atoms with Crippen LogP contribution in [0, 0.1) is 12.3 Å². The van der Waals surface area contributed by atoms with Gasteiger partial charge in [0.2, 0.25) is 0 Å². The summed E-state index contributed by atoms with van der Waals surface area (Å²) in [6.45, 7) is 5.52. The summed E-state index contributed by atoms with van der Waals surface area (Å²) < 4.78 is 0. The summed E-state index contributed by atoms with van der Waals surface area (Å²) in [4.78, 5) is 2.21. The molecule has 1 heterocycles. The van der Waals surface area contributed by atoms with E-state index in [0.29, 0.717) is 0 Å². The van der Waals surface area contributed by atoms with E-state index < -0.39 is 5.60 Å². The van der Waals surface area contributed by atoms with Gasteiger partial charge in [-0.1, -0.05) is 6.07 Å². The van der Waals surface area contributed by atoms with Crippen LogP contribution in [0.4, 0.5) is 5.69 Å². The molecular formula is C14H21N3O. The predicted octanol–water partition coefficient (Wildman–Crippen LogP) is 1.63. The van der Waals surface area contributed by atoms with Gasteiger partial charge in [0, 0.05) is 24.3 Å². The zero-order chi connectivity index (χ0) is 13.3. The lowest BCUT2D eigenvalue weighted by atomic mass is 9.93. The van der Waals surface area contributed by atoms with Gasteiger partial charge in [-0.15, -0.1) is 0 Å². The Morgan fingerprint density at radius 1 is 1.39 bits per heavy atom. The third-order valence-corrected chi connectivity index (χ3v) is 3.62. The molecule has 18 heavy (non-hydrogen) atoms. The van der Waals surface area contributed by atoms with E-state index in [1.165, 1.54) is 0 Å². The molecule has 0 saturated carbocycles. The number of benzene rings is 1. The minimum absolute atomic E-state index is 0.0994. The summed E-state index contributed by atoms with van der Waals surface area (Å²) in [7, 11) is 0. The quantitative estimate of drug-likeness (QED) is 0.549. The van der Waals surface area contributed by atoms with Gasteiger partial charge in [0.25, 0.3) is 0 Å².